The predicted octanol–water partition coefficient (Wildman–Crippen LogP) is 1.27. The summed E-state index contributed by atoms with van der Waals surface area (Å²) in [5.41, 5.74) is 7.01. The van der Waals surface area contributed by atoms with E-state index in [2.05, 4.69) is 15.3 Å². The number of nitrogens with two attached hydrogens (primary N) is 1. The fourth-order valence-electron chi connectivity index (χ4n) is 1.46. The largest absolute Gasteiger partial charge is 0.479 e. The molecule has 2 heterocycles. The highest BCUT2D eigenvalue weighted by atomic mass is 32.1. The average molecular weight is 266 g/mol. The normalized spacial score (nSPS) is 12.1. The number of nitrogen functional groups attached to an aromatic ring is 1. The van der Waals surface area contributed by atoms with Gasteiger partial charge >= 0.3 is 0 Å². The van der Waals surface area contributed by atoms with Gasteiger partial charge in [0.15, 0.2) is 5.82 Å². The lowest BCUT2D eigenvalue weighted by Crippen LogP contribution is -2.14. The van der Waals surface area contributed by atoms with Crippen LogP contribution in [0.4, 0.5) is 11.5 Å². The van der Waals surface area contributed by atoms with Crippen LogP contribution in [-0.4, -0.2) is 28.7 Å². The van der Waals surface area contributed by atoms with Crippen molar-refractivity contribution in [3.8, 4) is 5.88 Å². The minimum absolute atomic E-state index is 0.317. The molecule has 96 valence electrons. The van der Waals surface area contributed by atoms with Crippen LogP contribution < -0.4 is 15.8 Å². The highest BCUT2D eigenvalue weighted by Gasteiger charge is 2.11. The van der Waals surface area contributed by atoms with E-state index in [9.17, 15) is 5.11 Å². The van der Waals surface area contributed by atoms with Gasteiger partial charge in [-0.3, -0.25) is 0 Å². The first-order chi connectivity index (χ1) is 8.72. The first-order valence-corrected chi connectivity index (χ1v) is 6.25. The summed E-state index contributed by atoms with van der Waals surface area (Å²) in [5.74, 6) is 0.772. The fourth-order valence-corrected chi connectivity index (χ4v) is 2.17. The Labute approximate surface area is 108 Å². The number of aromatic nitrogens is 2. The zero-order valence-electron chi connectivity index (χ0n) is 9.83. The number of ether oxygens (including phenoxy) is 1. The molecule has 6 nitrogen and oxygen atoms in total. The zero-order valence-corrected chi connectivity index (χ0v) is 10.6. The van der Waals surface area contributed by atoms with E-state index in [1.807, 2.05) is 16.8 Å². The highest BCUT2D eigenvalue weighted by molar-refractivity contribution is 7.07. The number of hydrogen-bond acceptors (Lipinski definition) is 7. The van der Waals surface area contributed by atoms with Crippen molar-refractivity contribution in [2.24, 2.45) is 0 Å². The molecular weight excluding hydrogens is 252 g/mol. The molecule has 0 aromatic carbocycles. The monoisotopic (exact) mass is 266 g/mol. The Hall–Kier alpha value is -1.86. The van der Waals surface area contributed by atoms with Crippen molar-refractivity contribution >= 4 is 22.8 Å². The quantitative estimate of drug-likeness (QED) is 0.754. The number of aliphatic hydroxyl groups excluding tert-OH is 1. The lowest BCUT2D eigenvalue weighted by atomic mass is 10.2. The Morgan fingerprint density at radius 2 is 2.39 bits per heavy atom. The smallest absolute Gasteiger partial charge is 0.242 e. The molecule has 0 fully saturated rings. The van der Waals surface area contributed by atoms with E-state index in [1.165, 1.54) is 13.4 Å². The molecule has 0 saturated heterocycles. The van der Waals surface area contributed by atoms with Gasteiger partial charge in [-0.05, 0) is 22.4 Å². The van der Waals surface area contributed by atoms with Crippen molar-refractivity contribution in [3.05, 3.63) is 28.7 Å². The van der Waals surface area contributed by atoms with Gasteiger partial charge in [-0.15, -0.1) is 0 Å². The molecule has 0 saturated carbocycles. The molecule has 2 aromatic heterocycles. The Kier molecular flexibility index (Phi) is 3.96. The van der Waals surface area contributed by atoms with Crippen molar-refractivity contribution in [1.82, 2.24) is 9.97 Å². The van der Waals surface area contributed by atoms with Crippen LogP contribution >= 0.6 is 11.3 Å². The Morgan fingerprint density at radius 3 is 3.06 bits per heavy atom. The summed E-state index contributed by atoms with van der Waals surface area (Å²) in [4.78, 5) is 7.88. The summed E-state index contributed by atoms with van der Waals surface area (Å²) in [6.07, 6.45) is 0.755. The summed E-state index contributed by atoms with van der Waals surface area (Å²) in [5, 5.41) is 16.7. The third-order valence-corrected chi connectivity index (χ3v) is 3.13. The number of rotatable bonds is 5. The van der Waals surface area contributed by atoms with E-state index >= 15 is 0 Å². The van der Waals surface area contributed by atoms with Gasteiger partial charge in [-0.1, -0.05) is 0 Å². The molecule has 18 heavy (non-hydrogen) atoms. The summed E-state index contributed by atoms with van der Waals surface area (Å²) in [6.45, 7) is 0.321. The van der Waals surface area contributed by atoms with Crippen molar-refractivity contribution in [3.63, 3.8) is 0 Å². The minimum Gasteiger partial charge on any atom is -0.479 e. The lowest BCUT2D eigenvalue weighted by molar-refractivity contribution is 0.192. The number of aliphatic hydroxyl groups is 1. The van der Waals surface area contributed by atoms with Crippen LogP contribution in [0.25, 0.3) is 0 Å². The van der Waals surface area contributed by atoms with E-state index in [4.69, 9.17) is 10.5 Å². The molecule has 0 radical (unpaired) electrons. The number of anilines is 2. The fraction of sp³-hybridized carbons (Fsp3) is 0.273. The molecule has 4 N–H and O–H groups in total. The van der Waals surface area contributed by atoms with Crippen LogP contribution in [0.3, 0.4) is 0 Å². The van der Waals surface area contributed by atoms with Crippen LogP contribution in [0.1, 0.15) is 11.7 Å². The van der Waals surface area contributed by atoms with E-state index < -0.39 is 6.10 Å². The van der Waals surface area contributed by atoms with Crippen LogP contribution in [0, 0.1) is 0 Å². The summed E-state index contributed by atoms with van der Waals surface area (Å²) < 4.78 is 4.99. The van der Waals surface area contributed by atoms with Crippen LogP contribution in [0.2, 0.25) is 0 Å². The number of hydrogen-bond donors (Lipinski definition) is 3. The van der Waals surface area contributed by atoms with Gasteiger partial charge in [0.25, 0.3) is 0 Å². The number of nitrogens with zero attached hydrogens (tertiary/aromatic N) is 2. The summed E-state index contributed by atoms with van der Waals surface area (Å²) in [7, 11) is 1.49. The van der Waals surface area contributed by atoms with Gasteiger partial charge in [-0.2, -0.15) is 16.3 Å². The number of thiophene rings is 1. The Balaban J connectivity index is 2.02. The Bertz CT molecular complexity index is 504. The second-order valence-corrected chi connectivity index (χ2v) is 4.38. The van der Waals surface area contributed by atoms with Gasteiger partial charge < -0.3 is 20.9 Å². The third kappa shape index (κ3) is 2.69. The highest BCUT2D eigenvalue weighted by Crippen LogP contribution is 2.25. The van der Waals surface area contributed by atoms with E-state index in [-0.39, 0.29) is 0 Å². The van der Waals surface area contributed by atoms with E-state index in [0.29, 0.717) is 23.9 Å². The van der Waals surface area contributed by atoms with Crippen molar-refractivity contribution < 1.29 is 9.84 Å². The molecule has 7 heteroatoms. The lowest BCUT2D eigenvalue weighted by Gasteiger charge is -2.13. The summed E-state index contributed by atoms with van der Waals surface area (Å²) >= 11 is 1.54. The van der Waals surface area contributed by atoms with Gasteiger partial charge in [0, 0.05) is 6.54 Å². The molecule has 0 aliphatic rings. The van der Waals surface area contributed by atoms with Crippen molar-refractivity contribution in [2.75, 3.05) is 24.7 Å². The van der Waals surface area contributed by atoms with Crippen molar-refractivity contribution in [1.29, 1.82) is 0 Å². The molecule has 0 amide bonds. The van der Waals surface area contributed by atoms with E-state index in [1.54, 1.807) is 11.3 Å². The van der Waals surface area contributed by atoms with Crippen LogP contribution in [0.15, 0.2) is 23.2 Å². The number of methoxy groups -OCH3 is 1. The molecule has 1 unspecified atom stereocenters. The minimum atomic E-state index is -0.600. The molecule has 1 atom stereocenters. The van der Waals surface area contributed by atoms with Gasteiger partial charge in [-0.25, -0.2) is 4.98 Å². The SMILES string of the molecule is COc1ncnc(NCC(O)c2ccsc2)c1N. The molecule has 2 rings (SSSR count). The molecule has 0 aliphatic heterocycles. The zero-order chi connectivity index (χ0) is 13.0. The molecule has 0 bridgehead atoms. The maximum absolute atomic E-state index is 9.92. The maximum atomic E-state index is 9.92. The number of nitrogens with one attached hydrogen (secondary N) is 1. The summed E-state index contributed by atoms with van der Waals surface area (Å²) in [6, 6.07) is 1.88. The van der Waals surface area contributed by atoms with Crippen LogP contribution in [0.5, 0.6) is 5.88 Å². The second-order valence-electron chi connectivity index (χ2n) is 3.60. The first-order valence-electron chi connectivity index (χ1n) is 5.31. The maximum Gasteiger partial charge on any atom is 0.242 e. The van der Waals surface area contributed by atoms with Gasteiger partial charge in [0.05, 0.1) is 13.2 Å². The molecular formula is C11H14N4O2S. The standard InChI is InChI=1S/C11H14N4O2S/c1-17-11-9(12)10(14-6-15-11)13-4-8(16)7-2-3-18-5-7/h2-3,5-6,8,16H,4,12H2,1H3,(H,13,14,15). The predicted molar refractivity (Wildman–Crippen MR) is 70.8 cm³/mol. The molecule has 2 aromatic rings. The van der Waals surface area contributed by atoms with Crippen LogP contribution in [-0.2, 0) is 0 Å². The molecule has 0 spiro atoms. The first kappa shape index (κ1) is 12.6. The topological polar surface area (TPSA) is 93.3 Å². The molecule has 0 aliphatic carbocycles. The Morgan fingerprint density at radius 1 is 1.56 bits per heavy atom. The van der Waals surface area contributed by atoms with E-state index in [0.717, 1.165) is 5.56 Å². The van der Waals surface area contributed by atoms with Gasteiger partial charge in [0.1, 0.15) is 12.0 Å². The third-order valence-electron chi connectivity index (χ3n) is 2.43. The second kappa shape index (κ2) is 5.65. The van der Waals surface area contributed by atoms with Crippen molar-refractivity contribution in [2.45, 2.75) is 6.10 Å². The average Bonchev–Trinajstić information content (AvgIpc) is 2.91. The van der Waals surface area contributed by atoms with Gasteiger partial charge in [0.2, 0.25) is 5.88 Å².